The predicted octanol–water partition coefficient (Wildman–Crippen LogP) is 1.69. The normalized spacial score (nSPS) is 14.8. The summed E-state index contributed by atoms with van der Waals surface area (Å²) < 4.78 is 5.58. The number of nitrogens with zero attached hydrogens (tertiary/aromatic N) is 2. The molecule has 1 saturated heterocycles. The molecule has 0 spiro atoms. The second-order valence-electron chi connectivity index (χ2n) is 3.91. The number of ether oxygens (including phenoxy) is 1. The zero-order valence-corrected chi connectivity index (χ0v) is 10.6. The first-order valence-electron chi connectivity index (χ1n) is 5.61. The minimum atomic E-state index is -0.109. The molecule has 0 bridgehead atoms. The first-order chi connectivity index (χ1) is 8.70. The second-order valence-corrected chi connectivity index (χ2v) is 4.32. The minimum absolute atomic E-state index is 0.0492. The van der Waals surface area contributed by atoms with Gasteiger partial charge in [0.25, 0.3) is 0 Å². The van der Waals surface area contributed by atoms with Crippen molar-refractivity contribution >= 4 is 17.6 Å². The average Bonchev–Trinajstić information content (AvgIpc) is 2.32. The molecule has 2 heterocycles. The molecule has 96 valence electrons. The number of pyridine rings is 1. The lowest BCUT2D eigenvalue weighted by atomic mass is 10.2. The number of carbonyl (C=O) groups is 1. The van der Waals surface area contributed by atoms with Gasteiger partial charge in [0, 0.05) is 12.7 Å². The highest BCUT2D eigenvalue weighted by Gasteiger charge is 2.32. The largest absolute Gasteiger partial charge is 0.470 e. The van der Waals surface area contributed by atoms with Crippen molar-refractivity contribution in [3.63, 3.8) is 0 Å². The van der Waals surface area contributed by atoms with Crippen LogP contribution in [0.5, 0.6) is 5.88 Å². The van der Waals surface area contributed by atoms with Crippen LogP contribution in [0, 0.1) is 0 Å². The van der Waals surface area contributed by atoms with E-state index in [0.29, 0.717) is 30.5 Å². The fourth-order valence-corrected chi connectivity index (χ4v) is 1.73. The lowest BCUT2D eigenvalue weighted by Gasteiger charge is -2.38. The van der Waals surface area contributed by atoms with Crippen LogP contribution in [-0.4, -0.2) is 41.7 Å². The number of urea groups is 1. The summed E-state index contributed by atoms with van der Waals surface area (Å²) in [6.45, 7) is 5.08. The van der Waals surface area contributed by atoms with Crippen molar-refractivity contribution in [2.75, 3.05) is 19.6 Å². The quantitative estimate of drug-likeness (QED) is 0.845. The molecule has 1 aromatic rings. The topological polar surface area (TPSA) is 54.5 Å². The zero-order valence-electron chi connectivity index (χ0n) is 9.80. The molecule has 2 amide bonds. The molecule has 6 heteroatoms. The van der Waals surface area contributed by atoms with E-state index in [1.807, 2.05) is 0 Å². The number of rotatable bonds is 4. The van der Waals surface area contributed by atoms with Gasteiger partial charge >= 0.3 is 6.03 Å². The van der Waals surface area contributed by atoms with E-state index in [0.717, 1.165) is 0 Å². The molecule has 1 aromatic heterocycles. The van der Waals surface area contributed by atoms with Crippen LogP contribution < -0.4 is 10.1 Å². The van der Waals surface area contributed by atoms with Crippen molar-refractivity contribution in [2.45, 2.75) is 6.10 Å². The van der Waals surface area contributed by atoms with Crippen LogP contribution in [0.2, 0.25) is 5.02 Å². The van der Waals surface area contributed by atoms with Gasteiger partial charge in [0.1, 0.15) is 11.1 Å². The monoisotopic (exact) mass is 267 g/mol. The van der Waals surface area contributed by atoms with Gasteiger partial charge in [0.05, 0.1) is 13.1 Å². The molecule has 0 aliphatic carbocycles. The summed E-state index contributed by atoms with van der Waals surface area (Å²) in [5.74, 6) is 0.412. The first kappa shape index (κ1) is 12.7. The van der Waals surface area contributed by atoms with Crippen LogP contribution in [0.4, 0.5) is 4.79 Å². The van der Waals surface area contributed by atoms with Gasteiger partial charge in [-0.25, -0.2) is 9.78 Å². The predicted molar refractivity (Wildman–Crippen MR) is 68.8 cm³/mol. The molecule has 1 aliphatic rings. The van der Waals surface area contributed by atoms with E-state index in [1.54, 1.807) is 29.3 Å². The summed E-state index contributed by atoms with van der Waals surface area (Å²) >= 11 is 5.93. The Morgan fingerprint density at radius 2 is 2.50 bits per heavy atom. The third-order valence-electron chi connectivity index (χ3n) is 2.54. The average molecular weight is 268 g/mol. The molecule has 0 unspecified atom stereocenters. The molecule has 18 heavy (non-hydrogen) atoms. The van der Waals surface area contributed by atoms with Crippen molar-refractivity contribution in [2.24, 2.45) is 0 Å². The Morgan fingerprint density at radius 1 is 1.72 bits per heavy atom. The molecular weight excluding hydrogens is 254 g/mol. The minimum Gasteiger partial charge on any atom is -0.470 e. The van der Waals surface area contributed by atoms with Crippen LogP contribution in [0.1, 0.15) is 0 Å². The molecular formula is C12H14ClN3O2. The Bertz CT molecular complexity index is 447. The van der Waals surface area contributed by atoms with E-state index < -0.39 is 0 Å². The van der Waals surface area contributed by atoms with Gasteiger partial charge in [0.2, 0.25) is 5.88 Å². The Hall–Kier alpha value is -1.75. The summed E-state index contributed by atoms with van der Waals surface area (Å²) in [5, 5.41) is 3.18. The fourth-order valence-electron chi connectivity index (χ4n) is 1.57. The smallest absolute Gasteiger partial charge is 0.317 e. The summed E-state index contributed by atoms with van der Waals surface area (Å²) in [6.07, 6.45) is 3.21. The van der Waals surface area contributed by atoms with Crippen LogP contribution in [-0.2, 0) is 0 Å². The van der Waals surface area contributed by atoms with Gasteiger partial charge in [0.15, 0.2) is 0 Å². The van der Waals surface area contributed by atoms with E-state index in [-0.39, 0.29) is 12.1 Å². The van der Waals surface area contributed by atoms with Gasteiger partial charge in [-0.05, 0) is 12.1 Å². The third-order valence-corrected chi connectivity index (χ3v) is 2.82. The molecule has 5 nitrogen and oxygen atoms in total. The highest BCUT2D eigenvalue weighted by molar-refractivity contribution is 6.31. The van der Waals surface area contributed by atoms with Gasteiger partial charge in [-0.2, -0.15) is 0 Å². The van der Waals surface area contributed by atoms with Gasteiger partial charge < -0.3 is 15.0 Å². The van der Waals surface area contributed by atoms with Crippen molar-refractivity contribution < 1.29 is 9.53 Å². The Morgan fingerprint density at radius 3 is 3.17 bits per heavy atom. The van der Waals surface area contributed by atoms with Gasteiger partial charge in [-0.3, -0.25) is 0 Å². The number of aromatic nitrogens is 1. The van der Waals surface area contributed by atoms with E-state index in [4.69, 9.17) is 16.3 Å². The lowest BCUT2D eigenvalue weighted by Crippen LogP contribution is -2.58. The van der Waals surface area contributed by atoms with Crippen molar-refractivity contribution in [1.29, 1.82) is 0 Å². The third kappa shape index (κ3) is 2.92. The van der Waals surface area contributed by atoms with Crippen molar-refractivity contribution in [3.8, 4) is 5.88 Å². The Kier molecular flexibility index (Phi) is 4.04. The lowest BCUT2D eigenvalue weighted by molar-refractivity contribution is 0.0418. The maximum Gasteiger partial charge on any atom is 0.317 e. The Balaban J connectivity index is 1.78. The number of carbonyl (C=O) groups excluding carboxylic acids is 1. The molecule has 0 atom stereocenters. The molecule has 2 rings (SSSR count). The van der Waals surface area contributed by atoms with E-state index >= 15 is 0 Å². The highest BCUT2D eigenvalue weighted by Crippen LogP contribution is 2.23. The molecule has 1 aliphatic heterocycles. The first-order valence-corrected chi connectivity index (χ1v) is 5.99. The van der Waals surface area contributed by atoms with E-state index in [9.17, 15) is 4.79 Å². The molecule has 1 N–H and O–H groups in total. The number of halogens is 1. The maximum atomic E-state index is 11.5. The number of hydrogen-bond acceptors (Lipinski definition) is 3. The maximum absolute atomic E-state index is 11.5. The highest BCUT2D eigenvalue weighted by atomic mass is 35.5. The fraction of sp³-hybridized carbons (Fsp3) is 0.333. The van der Waals surface area contributed by atoms with Crippen LogP contribution >= 0.6 is 11.6 Å². The van der Waals surface area contributed by atoms with Crippen LogP contribution in [0.3, 0.4) is 0 Å². The summed E-state index contributed by atoms with van der Waals surface area (Å²) in [6, 6.07) is 3.35. The Labute approximate surface area is 110 Å². The second kappa shape index (κ2) is 5.73. The van der Waals surface area contributed by atoms with E-state index in [2.05, 4.69) is 16.9 Å². The molecule has 0 aromatic carbocycles. The number of amides is 2. The summed E-state index contributed by atoms with van der Waals surface area (Å²) in [7, 11) is 0. The van der Waals surface area contributed by atoms with Gasteiger partial charge in [-0.15, -0.1) is 6.58 Å². The van der Waals surface area contributed by atoms with Crippen LogP contribution in [0.25, 0.3) is 0 Å². The van der Waals surface area contributed by atoms with E-state index in [1.165, 1.54) is 0 Å². The van der Waals surface area contributed by atoms with Crippen LogP contribution in [0.15, 0.2) is 31.0 Å². The number of hydrogen-bond donors (Lipinski definition) is 1. The summed E-state index contributed by atoms with van der Waals surface area (Å²) in [4.78, 5) is 17.2. The number of likely N-dealkylation sites (tertiary alicyclic amines) is 1. The standard InChI is InChI=1S/C12H14ClN3O2/c1-2-5-15-12(17)16-7-9(8-16)18-11-10(13)4-3-6-14-11/h2-4,6,9H,1,5,7-8H2,(H,15,17). The zero-order chi connectivity index (χ0) is 13.0. The summed E-state index contributed by atoms with van der Waals surface area (Å²) in [5.41, 5.74) is 0. The SMILES string of the molecule is C=CCNC(=O)N1CC(Oc2ncccc2Cl)C1. The van der Waals surface area contributed by atoms with Crippen molar-refractivity contribution in [3.05, 3.63) is 36.0 Å². The van der Waals surface area contributed by atoms with Gasteiger partial charge in [-0.1, -0.05) is 17.7 Å². The molecule has 0 saturated carbocycles. The van der Waals surface area contributed by atoms with Crippen molar-refractivity contribution in [1.82, 2.24) is 15.2 Å². The molecule has 0 radical (unpaired) electrons. The number of nitrogens with one attached hydrogen (secondary N) is 1. The molecule has 1 fully saturated rings.